The van der Waals surface area contributed by atoms with Gasteiger partial charge in [0.25, 0.3) is 0 Å². The lowest BCUT2D eigenvalue weighted by atomic mass is 10.0. The van der Waals surface area contributed by atoms with Crippen molar-refractivity contribution in [2.45, 2.75) is 45.2 Å². The minimum absolute atomic E-state index is 0.326. The maximum Gasteiger partial charge on any atom is 0.130 e. The summed E-state index contributed by atoms with van der Waals surface area (Å²) >= 11 is 0. The number of aryl methyl sites for hydroxylation is 1. The maximum absolute atomic E-state index is 5.38. The van der Waals surface area contributed by atoms with E-state index in [0.29, 0.717) is 12.6 Å². The van der Waals surface area contributed by atoms with Crippen molar-refractivity contribution in [2.75, 3.05) is 27.4 Å². The van der Waals surface area contributed by atoms with E-state index in [0.717, 1.165) is 60.9 Å². The van der Waals surface area contributed by atoms with Crippen molar-refractivity contribution in [3.05, 3.63) is 82.7 Å². The van der Waals surface area contributed by atoms with Gasteiger partial charge in [0.15, 0.2) is 0 Å². The van der Waals surface area contributed by atoms with Crippen LogP contribution < -0.4 is 4.74 Å². The Morgan fingerprint density at radius 2 is 1.88 bits per heavy atom. The number of nitrogens with zero attached hydrogens (tertiary/aromatic N) is 4. The van der Waals surface area contributed by atoms with Crippen molar-refractivity contribution in [1.29, 1.82) is 0 Å². The molecule has 0 aliphatic carbocycles. The van der Waals surface area contributed by atoms with E-state index in [4.69, 9.17) is 14.5 Å². The van der Waals surface area contributed by atoms with Gasteiger partial charge >= 0.3 is 0 Å². The number of pyridine rings is 1. The first-order chi connectivity index (χ1) is 15.6. The van der Waals surface area contributed by atoms with Gasteiger partial charge in [-0.05, 0) is 68.1 Å². The summed E-state index contributed by atoms with van der Waals surface area (Å²) in [6.45, 7) is 4.64. The summed E-state index contributed by atoms with van der Waals surface area (Å²) in [6, 6.07) is 13.1. The zero-order chi connectivity index (χ0) is 22.3. The molecule has 6 heteroatoms. The molecule has 3 heterocycles. The van der Waals surface area contributed by atoms with E-state index >= 15 is 0 Å². The molecule has 2 aromatic heterocycles. The van der Waals surface area contributed by atoms with E-state index in [-0.39, 0.29) is 0 Å². The van der Waals surface area contributed by atoms with Gasteiger partial charge < -0.3 is 9.47 Å². The first-order valence-electron chi connectivity index (χ1n) is 11.3. The first-order valence-corrected chi connectivity index (χ1v) is 11.3. The number of hydrogen-bond donors (Lipinski definition) is 0. The number of hydrogen-bond acceptors (Lipinski definition) is 6. The summed E-state index contributed by atoms with van der Waals surface area (Å²) in [7, 11) is 3.41. The van der Waals surface area contributed by atoms with Crippen molar-refractivity contribution in [3.8, 4) is 5.75 Å². The fourth-order valence-electron chi connectivity index (χ4n) is 4.43. The van der Waals surface area contributed by atoms with Crippen molar-refractivity contribution in [2.24, 2.45) is 0 Å². The lowest BCUT2D eigenvalue weighted by Gasteiger charge is -2.24. The Hall–Kier alpha value is -2.83. The van der Waals surface area contributed by atoms with Crippen molar-refractivity contribution in [3.63, 3.8) is 0 Å². The quantitative estimate of drug-likeness (QED) is 0.502. The highest BCUT2D eigenvalue weighted by molar-refractivity contribution is 5.34. The number of ether oxygens (including phenoxy) is 2. The van der Waals surface area contributed by atoms with Gasteiger partial charge in [0.1, 0.15) is 11.6 Å². The number of aromatic nitrogens is 3. The SMILES string of the molecule is COCCc1ncc(CN2CCC[C@H]2c2cc(Cc3cccc(OC)c3)cc(C)n2)cn1. The Labute approximate surface area is 190 Å². The molecule has 32 heavy (non-hydrogen) atoms. The number of rotatable bonds is 9. The van der Waals surface area contributed by atoms with Gasteiger partial charge in [-0.15, -0.1) is 0 Å². The predicted octanol–water partition coefficient (Wildman–Crippen LogP) is 4.31. The van der Waals surface area contributed by atoms with Gasteiger partial charge in [-0.3, -0.25) is 9.88 Å². The molecular formula is C26H32N4O2. The van der Waals surface area contributed by atoms with Crippen LogP contribution in [0.2, 0.25) is 0 Å². The fraction of sp³-hybridized carbons (Fsp3) is 0.423. The summed E-state index contributed by atoms with van der Waals surface area (Å²) in [4.78, 5) is 16.4. The van der Waals surface area contributed by atoms with E-state index in [1.165, 1.54) is 17.5 Å². The van der Waals surface area contributed by atoms with E-state index in [1.54, 1.807) is 14.2 Å². The van der Waals surface area contributed by atoms with Crippen molar-refractivity contribution in [1.82, 2.24) is 19.9 Å². The molecule has 0 N–H and O–H groups in total. The Morgan fingerprint density at radius 1 is 1.03 bits per heavy atom. The second-order valence-electron chi connectivity index (χ2n) is 8.45. The lowest BCUT2D eigenvalue weighted by Crippen LogP contribution is -2.24. The third-order valence-corrected chi connectivity index (χ3v) is 5.95. The minimum atomic E-state index is 0.326. The van der Waals surface area contributed by atoms with E-state index in [9.17, 15) is 0 Å². The molecule has 0 spiro atoms. The van der Waals surface area contributed by atoms with Crippen LogP contribution in [-0.4, -0.2) is 47.2 Å². The van der Waals surface area contributed by atoms with Crippen LogP contribution in [0.25, 0.3) is 0 Å². The highest BCUT2D eigenvalue weighted by Gasteiger charge is 2.27. The van der Waals surface area contributed by atoms with Crippen LogP contribution in [0.3, 0.4) is 0 Å². The Kier molecular flexibility index (Phi) is 7.45. The maximum atomic E-state index is 5.38. The monoisotopic (exact) mass is 432 g/mol. The Balaban J connectivity index is 1.48. The molecule has 1 aliphatic heterocycles. The molecule has 1 saturated heterocycles. The van der Waals surface area contributed by atoms with Gasteiger partial charge in [0.05, 0.1) is 25.5 Å². The summed E-state index contributed by atoms with van der Waals surface area (Å²) in [5, 5.41) is 0. The van der Waals surface area contributed by atoms with Gasteiger partial charge in [-0.25, -0.2) is 9.97 Å². The molecule has 1 atom stereocenters. The highest BCUT2D eigenvalue weighted by Crippen LogP contribution is 2.33. The van der Waals surface area contributed by atoms with E-state index in [2.05, 4.69) is 46.1 Å². The molecule has 4 rings (SSSR count). The van der Waals surface area contributed by atoms with Gasteiger partial charge in [0, 0.05) is 43.7 Å². The largest absolute Gasteiger partial charge is 0.497 e. The second-order valence-corrected chi connectivity index (χ2v) is 8.45. The third kappa shape index (κ3) is 5.69. The predicted molar refractivity (Wildman–Crippen MR) is 125 cm³/mol. The average molecular weight is 433 g/mol. The Morgan fingerprint density at radius 3 is 2.66 bits per heavy atom. The van der Waals surface area contributed by atoms with Crippen LogP contribution in [0.4, 0.5) is 0 Å². The Bertz CT molecular complexity index is 1020. The van der Waals surface area contributed by atoms with Crippen molar-refractivity contribution < 1.29 is 9.47 Å². The van der Waals surface area contributed by atoms with Gasteiger partial charge in [-0.2, -0.15) is 0 Å². The lowest BCUT2D eigenvalue weighted by molar-refractivity contribution is 0.200. The summed E-state index contributed by atoms with van der Waals surface area (Å²) in [5.74, 6) is 1.72. The van der Waals surface area contributed by atoms with Crippen LogP contribution in [0.5, 0.6) is 5.75 Å². The third-order valence-electron chi connectivity index (χ3n) is 5.95. The molecule has 0 unspecified atom stereocenters. The molecule has 1 aliphatic rings. The molecule has 168 valence electrons. The molecule has 3 aromatic rings. The number of methoxy groups -OCH3 is 2. The molecule has 0 saturated carbocycles. The number of benzene rings is 1. The highest BCUT2D eigenvalue weighted by atomic mass is 16.5. The first kappa shape index (κ1) is 22.4. The molecule has 1 fully saturated rings. The fourth-order valence-corrected chi connectivity index (χ4v) is 4.43. The van der Waals surface area contributed by atoms with Crippen LogP contribution in [0, 0.1) is 6.92 Å². The summed E-state index contributed by atoms with van der Waals surface area (Å²) < 4.78 is 10.5. The van der Waals surface area contributed by atoms with Crippen LogP contribution >= 0.6 is 0 Å². The molecule has 0 amide bonds. The zero-order valence-electron chi connectivity index (χ0n) is 19.3. The molecule has 1 aromatic carbocycles. The normalized spacial score (nSPS) is 16.4. The van der Waals surface area contributed by atoms with Gasteiger partial charge in [0.2, 0.25) is 0 Å². The van der Waals surface area contributed by atoms with Gasteiger partial charge in [-0.1, -0.05) is 12.1 Å². The molecule has 0 bridgehead atoms. The standard InChI is InChI=1S/C26H32N4O2/c1-19-12-21(13-20-6-4-7-23(14-20)32-3)15-24(29-19)25-8-5-10-30(25)18-22-16-27-26(28-17-22)9-11-31-2/h4,6-7,12,14-17,25H,5,8-11,13,18H2,1-3H3/t25-/m0/s1. The van der Waals surface area contributed by atoms with Crippen LogP contribution in [0.1, 0.15) is 52.8 Å². The van der Waals surface area contributed by atoms with Crippen LogP contribution in [0.15, 0.2) is 48.8 Å². The summed E-state index contributed by atoms with van der Waals surface area (Å²) in [5.41, 5.74) is 5.91. The van der Waals surface area contributed by atoms with Crippen LogP contribution in [-0.2, 0) is 24.1 Å². The number of likely N-dealkylation sites (tertiary alicyclic amines) is 1. The minimum Gasteiger partial charge on any atom is -0.497 e. The van der Waals surface area contributed by atoms with E-state index in [1.807, 2.05) is 24.5 Å². The average Bonchev–Trinajstić information content (AvgIpc) is 3.26. The zero-order valence-corrected chi connectivity index (χ0v) is 19.3. The summed E-state index contributed by atoms with van der Waals surface area (Å²) in [6.07, 6.45) is 7.82. The molecular weight excluding hydrogens is 400 g/mol. The van der Waals surface area contributed by atoms with Crippen molar-refractivity contribution >= 4 is 0 Å². The smallest absolute Gasteiger partial charge is 0.130 e. The molecule has 6 nitrogen and oxygen atoms in total. The topological polar surface area (TPSA) is 60.4 Å². The second kappa shape index (κ2) is 10.7. The van der Waals surface area contributed by atoms with E-state index < -0.39 is 0 Å². The molecule has 0 radical (unpaired) electrons.